The van der Waals surface area contributed by atoms with Crippen LogP contribution in [-0.4, -0.2) is 21.6 Å². The van der Waals surface area contributed by atoms with Gasteiger partial charge in [-0.3, -0.25) is 4.79 Å². The number of nitrogens with one attached hydrogen (secondary N) is 1. The molecule has 4 nitrogen and oxygen atoms in total. The van der Waals surface area contributed by atoms with Gasteiger partial charge in [0.1, 0.15) is 0 Å². The van der Waals surface area contributed by atoms with Crippen LogP contribution in [0.3, 0.4) is 0 Å². The van der Waals surface area contributed by atoms with Crippen molar-refractivity contribution in [1.82, 2.24) is 9.97 Å². The minimum absolute atomic E-state index is 0.151. The first-order chi connectivity index (χ1) is 10.3. The summed E-state index contributed by atoms with van der Waals surface area (Å²) in [7, 11) is 0. The van der Waals surface area contributed by atoms with Crippen molar-refractivity contribution in [3.05, 3.63) is 44.7 Å². The number of carbonyl (C=O) groups is 1. The van der Waals surface area contributed by atoms with Gasteiger partial charge in [-0.05, 0) is 32.0 Å². The number of amides is 1. The van der Waals surface area contributed by atoms with Crippen molar-refractivity contribution in [3.63, 3.8) is 0 Å². The average Bonchev–Trinajstić information content (AvgIpc) is 2.39. The smallest absolute Gasteiger partial charge is 0.234 e. The Hall–Kier alpha value is -1.01. The number of halogens is 3. The molecule has 0 saturated heterocycles. The Labute approximate surface area is 147 Å². The molecule has 1 aromatic heterocycles. The van der Waals surface area contributed by atoms with E-state index in [1.165, 1.54) is 23.9 Å². The molecule has 0 atom stereocenters. The van der Waals surface area contributed by atoms with Crippen LogP contribution in [0.1, 0.15) is 11.4 Å². The van der Waals surface area contributed by atoms with E-state index in [4.69, 9.17) is 34.8 Å². The topological polar surface area (TPSA) is 54.9 Å². The van der Waals surface area contributed by atoms with Gasteiger partial charge in [0.15, 0.2) is 5.16 Å². The lowest BCUT2D eigenvalue weighted by Gasteiger charge is -2.09. The molecule has 2 aromatic rings. The Kier molecular flexibility index (Phi) is 5.92. The highest BCUT2D eigenvalue weighted by Crippen LogP contribution is 2.33. The summed E-state index contributed by atoms with van der Waals surface area (Å²) < 4.78 is 0. The summed E-state index contributed by atoms with van der Waals surface area (Å²) in [5.74, 6) is -0.100. The molecule has 0 saturated carbocycles. The number of benzene rings is 1. The van der Waals surface area contributed by atoms with Gasteiger partial charge in [0.25, 0.3) is 0 Å². The van der Waals surface area contributed by atoms with E-state index in [-0.39, 0.29) is 11.7 Å². The molecule has 22 heavy (non-hydrogen) atoms. The predicted molar refractivity (Wildman–Crippen MR) is 92.3 cm³/mol. The third-order valence-electron chi connectivity index (χ3n) is 2.57. The zero-order valence-corrected chi connectivity index (χ0v) is 14.9. The fraction of sp³-hybridized carbons (Fsp3) is 0.214. The van der Waals surface area contributed by atoms with Crippen molar-refractivity contribution in [2.75, 3.05) is 11.1 Å². The van der Waals surface area contributed by atoms with E-state index >= 15 is 0 Å². The van der Waals surface area contributed by atoms with Gasteiger partial charge in [-0.15, -0.1) is 0 Å². The molecule has 1 amide bonds. The molecule has 0 aliphatic rings. The predicted octanol–water partition coefficient (Wildman–Crippen LogP) is 4.78. The zero-order valence-electron chi connectivity index (χ0n) is 11.8. The van der Waals surface area contributed by atoms with Gasteiger partial charge in [-0.2, -0.15) is 0 Å². The maximum absolute atomic E-state index is 12.0. The van der Waals surface area contributed by atoms with Crippen LogP contribution in [0.4, 0.5) is 5.69 Å². The summed E-state index contributed by atoms with van der Waals surface area (Å²) in [4.78, 5) is 20.5. The van der Waals surface area contributed by atoms with Crippen LogP contribution in [0.15, 0.2) is 23.4 Å². The van der Waals surface area contributed by atoms with Gasteiger partial charge >= 0.3 is 0 Å². The van der Waals surface area contributed by atoms with Crippen molar-refractivity contribution in [3.8, 4) is 0 Å². The Bertz CT molecular complexity index is 681. The molecule has 2 rings (SSSR count). The minimum atomic E-state index is -0.251. The summed E-state index contributed by atoms with van der Waals surface area (Å²) in [5.41, 5.74) is 2.07. The molecule has 0 unspecified atom stereocenters. The Balaban J connectivity index is 2.02. The molecule has 0 radical (unpaired) electrons. The third kappa shape index (κ3) is 4.74. The zero-order chi connectivity index (χ0) is 16.3. The van der Waals surface area contributed by atoms with E-state index in [9.17, 15) is 4.79 Å². The van der Waals surface area contributed by atoms with Crippen molar-refractivity contribution >= 4 is 58.2 Å². The summed E-state index contributed by atoms with van der Waals surface area (Å²) in [6.45, 7) is 3.76. The average molecular weight is 377 g/mol. The van der Waals surface area contributed by atoms with Gasteiger partial charge in [-0.25, -0.2) is 9.97 Å². The highest BCUT2D eigenvalue weighted by Gasteiger charge is 2.12. The van der Waals surface area contributed by atoms with E-state index in [0.717, 1.165) is 11.4 Å². The van der Waals surface area contributed by atoms with E-state index in [0.29, 0.717) is 25.9 Å². The maximum Gasteiger partial charge on any atom is 0.234 e. The lowest BCUT2D eigenvalue weighted by molar-refractivity contribution is -0.113. The number of hydrogen-bond donors (Lipinski definition) is 1. The molecule has 1 N–H and O–H groups in total. The molecule has 0 spiro atoms. The SMILES string of the molecule is Cc1cc(C)nc(SCC(=O)Nc2c(Cl)cc(Cl)cc2Cl)n1. The van der Waals surface area contributed by atoms with Crippen molar-refractivity contribution in [2.45, 2.75) is 19.0 Å². The van der Waals surface area contributed by atoms with Gasteiger partial charge < -0.3 is 5.32 Å². The molecule has 1 aromatic carbocycles. The number of rotatable bonds is 4. The second-order valence-electron chi connectivity index (χ2n) is 4.51. The lowest BCUT2D eigenvalue weighted by atomic mass is 10.3. The number of aryl methyl sites for hydroxylation is 2. The lowest BCUT2D eigenvalue weighted by Crippen LogP contribution is -2.15. The number of nitrogens with zero attached hydrogens (tertiary/aromatic N) is 2. The van der Waals surface area contributed by atoms with E-state index in [1.807, 2.05) is 19.9 Å². The normalized spacial score (nSPS) is 10.6. The van der Waals surface area contributed by atoms with Crippen molar-refractivity contribution < 1.29 is 4.79 Å². The number of hydrogen-bond acceptors (Lipinski definition) is 4. The first kappa shape index (κ1) is 17.3. The van der Waals surface area contributed by atoms with Crippen LogP contribution in [0.5, 0.6) is 0 Å². The minimum Gasteiger partial charge on any atom is -0.323 e. The maximum atomic E-state index is 12.0. The second kappa shape index (κ2) is 7.51. The number of carbonyl (C=O) groups excluding carboxylic acids is 1. The van der Waals surface area contributed by atoms with Crippen molar-refractivity contribution in [1.29, 1.82) is 0 Å². The standard InChI is InChI=1S/C14H12Cl3N3OS/c1-7-3-8(2)19-14(18-7)22-6-12(21)20-13-10(16)4-9(15)5-11(13)17/h3-5H,6H2,1-2H3,(H,20,21). The van der Waals surface area contributed by atoms with E-state index in [1.54, 1.807) is 0 Å². The van der Waals surface area contributed by atoms with Gasteiger partial charge in [-0.1, -0.05) is 46.6 Å². The Morgan fingerprint density at radius 2 is 1.64 bits per heavy atom. The molecule has 0 aliphatic heterocycles. The molecule has 8 heteroatoms. The summed E-state index contributed by atoms with van der Waals surface area (Å²) in [5, 5.41) is 4.21. The highest BCUT2D eigenvalue weighted by molar-refractivity contribution is 7.99. The highest BCUT2D eigenvalue weighted by atomic mass is 35.5. The first-order valence-corrected chi connectivity index (χ1v) is 8.36. The monoisotopic (exact) mass is 375 g/mol. The van der Waals surface area contributed by atoms with Crippen LogP contribution in [0, 0.1) is 13.8 Å². The first-order valence-electron chi connectivity index (χ1n) is 6.24. The van der Waals surface area contributed by atoms with Crippen molar-refractivity contribution in [2.24, 2.45) is 0 Å². The number of anilines is 1. The van der Waals surface area contributed by atoms with Gasteiger partial charge in [0.2, 0.25) is 5.91 Å². The van der Waals surface area contributed by atoms with Crippen LogP contribution >= 0.6 is 46.6 Å². The molecular formula is C14H12Cl3N3OS. The van der Waals surface area contributed by atoms with Crippen LogP contribution < -0.4 is 5.32 Å². The molecule has 0 aliphatic carbocycles. The van der Waals surface area contributed by atoms with E-state index < -0.39 is 0 Å². The molecule has 116 valence electrons. The second-order valence-corrected chi connectivity index (χ2v) is 6.71. The largest absolute Gasteiger partial charge is 0.323 e. The molecule has 0 fully saturated rings. The fourth-order valence-corrected chi connectivity index (χ4v) is 3.39. The Morgan fingerprint density at radius 3 is 2.18 bits per heavy atom. The molecular weight excluding hydrogens is 365 g/mol. The number of thioether (sulfide) groups is 1. The van der Waals surface area contributed by atoms with Crippen LogP contribution in [0.2, 0.25) is 15.1 Å². The van der Waals surface area contributed by atoms with Gasteiger partial charge in [0, 0.05) is 16.4 Å². The Morgan fingerprint density at radius 1 is 1.09 bits per heavy atom. The number of aromatic nitrogens is 2. The summed E-state index contributed by atoms with van der Waals surface area (Å²) in [6.07, 6.45) is 0. The van der Waals surface area contributed by atoms with Gasteiger partial charge in [0.05, 0.1) is 21.5 Å². The fourth-order valence-electron chi connectivity index (χ4n) is 1.73. The quantitative estimate of drug-likeness (QED) is 0.616. The summed E-state index contributed by atoms with van der Waals surface area (Å²) >= 11 is 19.1. The third-order valence-corrected chi connectivity index (χ3v) is 4.23. The van der Waals surface area contributed by atoms with E-state index in [2.05, 4.69) is 15.3 Å². The van der Waals surface area contributed by atoms with Crippen LogP contribution in [0.25, 0.3) is 0 Å². The van der Waals surface area contributed by atoms with Crippen LogP contribution in [-0.2, 0) is 4.79 Å². The summed E-state index contributed by atoms with van der Waals surface area (Å²) in [6, 6.07) is 4.91. The molecule has 1 heterocycles. The molecule has 0 bridgehead atoms.